The molecule has 1 aliphatic heterocycles. The minimum absolute atomic E-state index is 0.120. The van der Waals surface area contributed by atoms with Crippen molar-refractivity contribution in [3.05, 3.63) is 0 Å². The molecular formula is C5H8N2S. The Kier molecular flexibility index (Phi) is 1.77. The molecule has 0 radical (unpaired) electrons. The molecule has 0 N–H and O–H groups in total. The largest absolute Gasteiger partial charge is 0.282 e. The second-order valence-electron chi connectivity index (χ2n) is 1.83. The zero-order valence-electron chi connectivity index (χ0n) is 4.79. The minimum atomic E-state index is 0.120. The smallest absolute Gasteiger partial charge is 0.144 e. The highest BCUT2D eigenvalue weighted by molar-refractivity contribution is 8.00. The molecule has 0 spiro atoms. The van der Waals surface area contributed by atoms with Gasteiger partial charge in [-0.1, -0.05) is 0 Å². The van der Waals surface area contributed by atoms with E-state index in [4.69, 9.17) is 5.26 Å². The van der Waals surface area contributed by atoms with Crippen LogP contribution in [0.25, 0.3) is 0 Å². The van der Waals surface area contributed by atoms with Crippen molar-refractivity contribution >= 4 is 11.8 Å². The third-order valence-corrected chi connectivity index (χ3v) is 2.43. The Labute approximate surface area is 53.5 Å². The van der Waals surface area contributed by atoms with E-state index in [0.717, 1.165) is 12.3 Å². The Hall–Kier alpha value is -0.200. The highest BCUT2D eigenvalue weighted by Gasteiger charge is 2.19. The average Bonchev–Trinajstić information content (AvgIpc) is 2.14. The number of thioether (sulfide) groups is 1. The maximum absolute atomic E-state index is 8.42. The van der Waals surface area contributed by atoms with Gasteiger partial charge >= 0.3 is 0 Å². The Morgan fingerprint density at radius 1 is 1.88 bits per heavy atom. The molecule has 0 aromatic carbocycles. The molecule has 3 heteroatoms. The van der Waals surface area contributed by atoms with Gasteiger partial charge < -0.3 is 0 Å². The summed E-state index contributed by atoms with van der Waals surface area (Å²) < 4.78 is 0. The molecule has 0 aromatic heterocycles. The van der Waals surface area contributed by atoms with E-state index < -0.39 is 0 Å². The van der Waals surface area contributed by atoms with E-state index in [1.807, 2.05) is 7.05 Å². The topological polar surface area (TPSA) is 27.0 Å². The first kappa shape index (κ1) is 5.93. The molecule has 0 aliphatic carbocycles. The summed E-state index contributed by atoms with van der Waals surface area (Å²) in [5.74, 6) is 1.11. The van der Waals surface area contributed by atoms with Crippen LogP contribution in [0.3, 0.4) is 0 Å². The Balaban J connectivity index is 2.45. The van der Waals surface area contributed by atoms with Gasteiger partial charge in [-0.3, -0.25) is 4.90 Å². The van der Waals surface area contributed by atoms with Crippen molar-refractivity contribution < 1.29 is 0 Å². The van der Waals surface area contributed by atoms with Crippen molar-refractivity contribution in [1.29, 1.82) is 5.26 Å². The molecule has 0 saturated carbocycles. The minimum Gasteiger partial charge on any atom is -0.282 e. The van der Waals surface area contributed by atoms with E-state index in [9.17, 15) is 0 Å². The SMILES string of the molecule is CN1CCSC1C#N. The van der Waals surface area contributed by atoms with Gasteiger partial charge in [-0.2, -0.15) is 5.26 Å². The van der Waals surface area contributed by atoms with Gasteiger partial charge in [0.25, 0.3) is 0 Å². The molecule has 0 amide bonds. The summed E-state index contributed by atoms with van der Waals surface area (Å²) in [6.07, 6.45) is 0. The van der Waals surface area contributed by atoms with Gasteiger partial charge in [0.1, 0.15) is 5.37 Å². The zero-order chi connectivity index (χ0) is 5.98. The van der Waals surface area contributed by atoms with Gasteiger partial charge in [0, 0.05) is 12.3 Å². The molecule has 0 aromatic rings. The fourth-order valence-corrected chi connectivity index (χ4v) is 1.74. The van der Waals surface area contributed by atoms with Crippen LogP contribution in [-0.4, -0.2) is 29.6 Å². The molecule has 1 aliphatic rings. The molecule has 1 heterocycles. The fraction of sp³-hybridized carbons (Fsp3) is 0.800. The normalized spacial score (nSPS) is 30.2. The summed E-state index contributed by atoms with van der Waals surface area (Å²) in [6.45, 7) is 1.06. The monoisotopic (exact) mass is 128 g/mol. The van der Waals surface area contributed by atoms with Gasteiger partial charge in [0.2, 0.25) is 0 Å². The zero-order valence-corrected chi connectivity index (χ0v) is 5.61. The molecule has 8 heavy (non-hydrogen) atoms. The Morgan fingerprint density at radius 2 is 2.62 bits per heavy atom. The summed E-state index contributed by atoms with van der Waals surface area (Å²) in [5.41, 5.74) is 0. The van der Waals surface area contributed by atoms with Crippen LogP contribution in [0.15, 0.2) is 0 Å². The van der Waals surface area contributed by atoms with Gasteiger partial charge in [-0.25, -0.2) is 0 Å². The number of nitriles is 1. The van der Waals surface area contributed by atoms with Gasteiger partial charge in [0.05, 0.1) is 6.07 Å². The van der Waals surface area contributed by atoms with Crippen molar-refractivity contribution in [2.45, 2.75) is 5.37 Å². The maximum atomic E-state index is 8.42. The highest BCUT2D eigenvalue weighted by Crippen LogP contribution is 2.19. The summed E-state index contributed by atoms with van der Waals surface area (Å²) in [7, 11) is 1.98. The molecule has 44 valence electrons. The third kappa shape index (κ3) is 0.960. The molecule has 1 saturated heterocycles. The van der Waals surface area contributed by atoms with E-state index in [1.54, 1.807) is 11.8 Å². The van der Waals surface area contributed by atoms with Crippen molar-refractivity contribution in [3.8, 4) is 6.07 Å². The van der Waals surface area contributed by atoms with Crippen molar-refractivity contribution in [3.63, 3.8) is 0 Å². The predicted octanol–water partition coefficient (Wildman–Crippen LogP) is 0.515. The van der Waals surface area contributed by atoms with Crippen molar-refractivity contribution in [2.24, 2.45) is 0 Å². The van der Waals surface area contributed by atoms with Crippen LogP contribution < -0.4 is 0 Å². The van der Waals surface area contributed by atoms with Crippen LogP contribution in [0.2, 0.25) is 0 Å². The molecule has 1 rings (SSSR count). The van der Waals surface area contributed by atoms with Gasteiger partial charge in [-0.05, 0) is 7.05 Å². The van der Waals surface area contributed by atoms with Crippen LogP contribution in [0, 0.1) is 11.3 Å². The van der Waals surface area contributed by atoms with Gasteiger partial charge in [-0.15, -0.1) is 11.8 Å². The van der Waals surface area contributed by atoms with E-state index >= 15 is 0 Å². The van der Waals surface area contributed by atoms with Crippen LogP contribution in [0.1, 0.15) is 0 Å². The highest BCUT2D eigenvalue weighted by atomic mass is 32.2. The second-order valence-corrected chi connectivity index (χ2v) is 3.02. The standard InChI is InChI=1S/C5H8N2S/c1-7-2-3-8-5(7)4-6/h5H,2-3H2,1H3. The molecule has 1 unspecified atom stereocenters. The van der Waals surface area contributed by atoms with Crippen LogP contribution >= 0.6 is 11.8 Å². The third-order valence-electron chi connectivity index (χ3n) is 1.23. The van der Waals surface area contributed by atoms with Crippen LogP contribution in [0.4, 0.5) is 0 Å². The number of hydrogen-bond acceptors (Lipinski definition) is 3. The van der Waals surface area contributed by atoms with Crippen LogP contribution in [-0.2, 0) is 0 Å². The summed E-state index contributed by atoms with van der Waals surface area (Å²) in [6, 6.07) is 2.20. The van der Waals surface area contributed by atoms with E-state index in [0.29, 0.717) is 0 Å². The van der Waals surface area contributed by atoms with E-state index in [2.05, 4.69) is 11.0 Å². The summed E-state index contributed by atoms with van der Waals surface area (Å²) in [5, 5.41) is 8.54. The number of nitrogens with zero attached hydrogens (tertiary/aromatic N) is 2. The molecule has 1 atom stereocenters. The lowest BCUT2D eigenvalue weighted by Gasteiger charge is -2.08. The summed E-state index contributed by atoms with van der Waals surface area (Å²) in [4.78, 5) is 2.06. The quantitative estimate of drug-likeness (QED) is 0.476. The lowest BCUT2D eigenvalue weighted by molar-refractivity contribution is 0.394. The van der Waals surface area contributed by atoms with Crippen molar-refractivity contribution in [1.82, 2.24) is 4.90 Å². The fourth-order valence-electron chi connectivity index (χ4n) is 0.689. The maximum Gasteiger partial charge on any atom is 0.144 e. The Morgan fingerprint density at radius 3 is 2.88 bits per heavy atom. The van der Waals surface area contributed by atoms with E-state index in [1.165, 1.54) is 0 Å². The lowest BCUT2D eigenvalue weighted by Crippen LogP contribution is -2.21. The van der Waals surface area contributed by atoms with Crippen molar-refractivity contribution in [2.75, 3.05) is 19.3 Å². The summed E-state index contributed by atoms with van der Waals surface area (Å²) >= 11 is 1.72. The first-order chi connectivity index (χ1) is 3.84. The lowest BCUT2D eigenvalue weighted by atomic mass is 10.6. The Bertz CT molecular complexity index is 118. The molecule has 0 bridgehead atoms. The van der Waals surface area contributed by atoms with Gasteiger partial charge in [0.15, 0.2) is 0 Å². The molecule has 2 nitrogen and oxygen atoms in total. The molecular weight excluding hydrogens is 120 g/mol. The second kappa shape index (κ2) is 2.38. The number of hydrogen-bond donors (Lipinski definition) is 0. The van der Waals surface area contributed by atoms with E-state index in [-0.39, 0.29) is 5.37 Å². The number of rotatable bonds is 0. The first-order valence-electron chi connectivity index (χ1n) is 2.56. The average molecular weight is 128 g/mol. The first-order valence-corrected chi connectivity index (χ1v) is 3.61. The predicted molar refractivity (Wildman–Crippen MR) is 34.5 cm³/mol. The van der Waals surface area contributed by atoms with Crippen LogP contribution in [0.5, 0.6) is 0 Å². The molecule has 1 fully saturated rings.